The average Bonchev–Trinajstić information content (AvgIpc) is 2.37. The van der Waals surface area contributed by atoms with Gasteiger partial charge in [0.1, 0.15) is 11.8 Å². The monoisotopic (exact) mass is 324 g/mol. The van der Waals surface area contributed by atoms with Crippen LogP contribution in [0.5, 0.6) is 5.75 Å². The molecule has 0 aromatic heterocycles. The molecule has 0 fully saturated rings. The molecular formula is C13H16ClF3N2O2. The summed E-state index contributed by atoms with van der Waals surface area (Å²) >= 11 is 5.80. The number of hydrogen-bond acceptors (Lipinski definition) is 3. The highest BCUT2D eigenvalue weighted by Gasteiger charge is 2.37. The van der Waals surface area contributed by atoms with E-state index in [4.69, 9.17) is 22.1 Å². The number of carbonyl (C=O) groups is 1. The van der Waals surface area contributed by atoms with Gasteiger partial charge < -0.3 is 15.8 Å². The average molecular weight is 325 g/mol. The second-order valence-corrected chi connectivity index (χ2v) is 4.80. The molecule has 0 heterocycles. The van der Waals surface area contributed by atoms with Gasteiger partial charge in [0.05, 0.1) is 12.2 Å². The molecule has 1 rings (SSSR count). The number of benzene rings is 1. The number of halogens is 4. The molecule has 0 radical (unpaired) electrons. The van der Waals surface area contributed by atoms with Crippen molar-refractivity contribution in [2.24, 2.45) is 5.73 Å². The van der Waals surface area contributed by atoms with Crippen molar-refractivity contribution in [3.05, 3.63) is 28.8 Å². The van der Waals surface area contributed by atoms with Crippen LogP contribution in [0.2, 0.25) is 5.02 Å². The Labute approximate surface area is 125 Å². The zero-order valence-corrected chi connectivity index (χ0v) is 12.1. The number of carbonyl (C=O) groups excluding carboxylic acids is 1. The fraction of sp³-hybridized carbons (Fsp3) is 0.462. The van der Waals surface area contributed by atoms with Crippen molar-refractivity contribution in [3.8, 4) is 5.75 Å². The van der Waals surface area contributed by atoms with Gasteiger partial charge in [-0.3, -0.25) is 4.79 Å². The van der Waals surface area contributed by atoms with E-state index in [0.29, 0.717) is 18.0 Å². The highest BCUT2D eigenvalue weighted by Crippen LogP contribution is 2.25. The first kappa shape index (κ1) is 17.6. The Morgan fingerprint density at radius 3 is 2.71 bits per heavy atom. The lowest BCUT2D eigenvalue weighted by atomic mass is 10.1. The second kappa shape index (κ2) is 7.51. The standard InChI is InChI=1S/C13H16ClF3N2O2/c1-8(13(15,16)17)19-12(20)10-4-3-9(14)7-11(10)21-6-2-5-18/h3-4,7-8H,2,5-6,18H2,1H3,(H,19,20)/t8-/m1/s1. The molecule has 0 bridgehead atoms. The van der Waals surface area contributed by atoms with E-state index in [-0.39, 0.29) is 17.9 Å². The normalized spacial score (nSPS) is 12.9. The fourth-order valence-corrected chi connectivity index (χ4v) is 1.59. The van der Waals surface area contributed by atoms with Crippen molar-refractivity contribution in [3.63, 3.8) is 0 Å². The summed E-state index contributed by atoms with van der Waals surface area (Å²) in [6.07, 6.45) is -3.96. The molecule has 0 aliphatic heterocycles. The van der Waals surface area contributed by atoms with Gasteiger partial charge in [-0.25, -0.2) is 0 Å². The van der Waals surface area contributed by atoms with Gasteiger partial charge in [0.15, 0.2) is 0 Å². The number of alkyl halides is 3. The van der Waals surface area contributed by atoms with Crippen molar-refractivity contribution in [2.45, 2.75) is 25.6 Å². The summed E-state index contributed by atoms with van der Waals surface area (Å²) in [6, 6.07) is 2.14. The first-order valence-electron chi connectivity index (χ1n) is 6.25. The summed E-state index contributed by atoms with van der Waals surface area (Å²) in [6.45, 7) is 1.50. The summed E-state index contributed by atoms with van der Waals surface area (Å²) in [4.78, 5) is 11.9. The van der Waals surface area contributed by atoms with E-state index in [1.165, 1.54) is 18.2 Å². The molecule has 0 aliphatic carbocycles. The molecule has 1 amide bonds. The van der Waals surface area contributed by atoms with Crippen molar-refractivity contribution < 1.29 is 22.7 Å². The molecule has 1 atom stereocenters. The Hall–Kier alpha value is -1.47. The van der Waals surface area contributed by atoms with Crippen molar-refractivity contribution >= 4 is 17.5 Å². The Bertz CT molecular complexity index is 495. The quantitative estimate of drug-likeness (QED) is 0.791. The largest absolute Gasteiger partial charge is 0.493 e. The van der Waals surface area contributed by atoms with Gasteiger partial charge in [-0.1, -0.05) is 11.6 Å². The third-order valence-corrected chi connectivity index (χ3v) is 2.87. The summed E-state index contributed by atoms with van der Waals surface area (Å²) in [5.41, 5.74) is 5.32. The van der Waals surface area contributed by atoms with E-state index in [2.05, 4.69) is 0 Å². The zero-order chi connectivity index (χ0) is 16.0. The number of nitrogens with one attached hydrogen (secondary N) is 1. The van der Waals surface area contributed by atoms with E-state index in [1.54, 1.807) is 0 Å². The van der Waals surface area contributed by atoms with Gasteiger partial charge in [-0.05, 0) is 38.1 Å². The maximum Gasteiger partial charge on any atom is 0.408 e. The predicted octanol–water partition coefficient (Wildman–Crippen LogP) is 2.75. The van der Waals surface area contributed by atoms with Gasteiger partial charge in [0.25, 0.3) is 5.91 Å². The van der Waals surface area contributed by atoms with Crippen molar-refractivity contribution in [1.29, 1.82) is 0 Å². The molecule has 118 valence electrons. The van der Waals surface area contributed by atoms with Crippen LogP contribution in [0.3, 0.4) is 0 Å². The highest BCUT2D eigenvalue weighted by molar-refractivity contribution is 6.30. The van der Waals surface area contributed by atoms with Crippen LogP contribution in [0.4, 0.5) is 13.2 Å². The lowest BCUT2D eigenvalue weighted by Gasteiger charge is -2.18. The van der Waals surface area contributed by atoms with E-state index < -0.39 is 18.1 Å². The SMILES string of the molecule is C[C@@H](NC(=O)c1ccc(Cl)cc1OCCCN)C(F)(F)F. The summed E-state index contributed by atoms with van der Waals surface area (Å²) in [5.74, 6) is -0.748. The van der Waals surface area contributed by atoms with E-state index in [0.717, 1.165) is 6.92 Å². The summed E-state index contributed by atoms with van der Waals surface area (Å²) in [7, 11) is 0. The number of amides is 1. The Morgan fingerprint density at radius 1 is 1.48 bits per heavy atom. The summed E-state index contributed by atoms with van der Waals surface area (Å²) in [5, 5.41) is 2.19. The molecular weight excluding hydrogens is 309 g/mol. The predicted molar refractivity (Wildman–Crippen MR) is 73.6 cm³/mol. The van der Waals surface area contributed by atoms with Gasteiger partial charge in [-0.2, -0.15) is 13.2 Å². The molecule has 0 aliphatic rings. The first-order valence-corrected chi connectivity index (χ1v) is 6.63. The van der Waals surface area contributed by atoms with Gasteiger partial charge in [0.2, 0.25) is 0 Å². The number of nitrogens with two attached hydrogens (primary N) is 1. The molecule has 4 nitrogen and oxygen atoms in total. The van der Waals surface area contributed by atoms with Crippen molar-refractivity contribution in [2.75, 3.05) is 13.2 Å². The minimum Gasteiger partial charge on any atom is -0.493 e. The van der Waals surface area contributed by atoms with Crippen LogP contribution in [-0.4, -0.2) is 31.3 Å². The Kier molecular flexibility index (Phi) is 6.29. The number of rotatable bonds is 6. The molecule has 8 heteroatoms. The second-order valence-electron chi connectivity index (χ2n) is 4.37. The van der Waals surface area contributed by atoms with Gasteiger partial charge in [-0.15, -0.1) is 0 Å². The van der Waals surface area contributed by atoms with Crippen LogP contribution in [0.1, 0.15) is 23.7 Å². The topological polar surface area (TPSA) is 64.3 Å². The van der Waals surface area contributed by atoms with Crippen LogP contribution >= 0.6 is 11.6 Å². The van der Waals surface area contributed by atoms with Crippen LogP contribution in [0.15, 0.2) is 18.2 Å². The van der Waals surface area contributed by atoms with Crippen molar-refractivity contribution in [1.82, 2.24) is 5.32 Å². The minimum atomic E-state index is -4.51. The molecule has 1 aromatic carbocycles. The Morgan fingerprint density at radius 2 is 2.14 bits per heavy atom. The first-order chi connectivity index (χ1) is 9.75. The Balaban J connectivity index is 2.87. The smallest absolute Gasteiger partial charge is 0.408 e. The third-order valence-electron chi connectivity index (χ3n) is 2.63. The van der Waals surface area contributed by atoms with E-state index in [1.807, 2.05) is 5.32 Å². The molecule has 0 saturated heterocycles. The van der Waals surface area contributed by atoms with Gasteiger partial charge in [0, 0.05) is 5.02 Å². The van der Waals surface area contributed by atoms with Crippen LogP contribution in [-0.2, 0) is 0 Å². The van der Waals surface area contributed by atoms with Crippen LogP contribution in [0, 0.1) is 0 Å². The highest BCUT2D eigenvalue weighted by atomic mass is 35.5. The zero-order valence-electron chi connectivity index (χ0n) is 11.3. The molecule has 0 saturated carbocycles. The molecule has 0 unspecified atom stereocenters. The summed E-state index contributed by atoms with van der Waals surface area (Å²) < 4.78 is 42.7. The molecule has 0 spiro atoms. The maximum absolute atomic E-state index is 12.5. The molecule has 1 aromatic rings. The minimum absolute atomic E-state index is 0.00692. The number of ether oxygens (including phenoxy) is 1. The molecule has 21 heavy (non-hydrogen) atoms. The lowest BCUT2D eigenvalue weighted by Crippen LogP contribution is -2.43. The number of hydrogen-bond donors (Lipinski definition) is 2. The lowest BCUT2D eigenvalue weighted by molar-refractivity contribution is -0.149. The van der Waals surface area contributed by atoms with E-state index >= 15 is 0 Å². The van der Waals surface area contributed by atoms with Crippen LogP contribution in [0.25, 0.3) is 0 Å². The van der Waals surface area contributed by atoms with Gasteiger partial charge >= 0.3 is 6.18 Å². The molecule has 3 N–H and O–H groups in total. The maximum atomic E-state index is 12.5. The van der Waals surface area contributed by atoms with E-state index in [9.17, 15) is 18.0 Å². The van der Waals surface area contributed by atoms with Crippen LogP contribution < -0.4 is 15.8 Å². The third kappa shape index (κ3) is 5.43. The fourth-order valence-electron chi connectivity index (χ4n) is 1.42.